The van der Waals surface area contributed by atoms with Gasteiger partial charge in [-0.25, -0.2) is 0 Å². The Morgan fingerprint density at radius 3 is 2.33 bits per heavy atom. The lowest BCUT2D eigenvalue weighted by molar-refractivity contribution is -0.114. The normalized spacial score (nSPS) is 10.1. The Morgan fingerprint density at radius 2 is 1.74 bits per heavy atom. The van der Waals surface area contributed by atoms with Crippen molar-refractivity contribution < 1.29 is 19.1 Å². The number of carbonyl (C=O) groups is 2. The summed E-state index contributed by atoms with van der Waals surface area (Å²) in [5, 5.41) is 14.0. The Hall–Kier alpha value is -3.79. The van der Waals surface area contributed by atoms with Crippen LogP contribution < -0.4 is 20.1 Å². The molecular weight excluding hydrogens is 346 g/mol. The zero-order valence-corrected chi connectivity index (χ0v) is 15.0. The van der Waals surface area contributed by atoms with Crippen molar-refractivity contribution >= 4 is 29.3 Å². The highest BCUT2D eigenvalue weighted by atomic mass is 16.5. The van der Waals surface area contributed by atoms with Crippen molar-refractivity contribution in [2.75, 3.05) is 24.4 Å². The summed E-state index contributed by atoms with van der Waals surface area (Å²) in [5.74, 6) is 0.474. The molecule has 2 rings (SSSR count). The van der Waals surface area contributed by atoms with Gasteiger partial charge in [0.2, 0.25) is 11.8 Å². The molecule has 0 aromatic heterocycles. The van der Waals surface area contributed by atoms with Gasteiger partial charge in [-0.2, -0.15) is 5.26 Å². The van der Waals surface area contributed by atoms with Crippen molar-refractivity contribution in [2.45, 2.75) is 6.92 Å². The SMILES string of the molecule is COc1cc(/C=C/C(=O)Nc2ccc(NC(C)=O)cc2)ccc1OCC#N. The minimum Gasteiger partial charge on any atom is -0.493 e. The minimum absolute atomic E-state index is 0.0747. The molecule has 0 aliphatic carbocycles. The summed E-state index contributed by atoms with van der Waals surface area (Å²) in [6.45, 7) is 1.35. The van der Waals surface area contributed by atoms with Crippen LogP contribution in [-0.2, 0) is 9.59 Å². The maximum Gasteiger partial charge on any atom is 0.248 e. The van der Waals surface area contributed by atoms with Gasteiger partial charge < -0.3 is 20.1 Å². The molecule has 0 spiro atoms. The standard InChI is InChI=1S/C20H19N3O4/c1-14(24)22-16-5-7-17(8-6-16)23-20(25)10-4-15-3-9-18(27-12-11-21)19(13-15)26-2/h3-10,13H,12H2,1-2H3,(H,22,24)(H,23,25)/b10-4+. The topological polar surface area (TPSA) is 100 Å². The average Bonchev–Trinajstić information content (AvgIpc) is 2.66. The fourth-order valence-electron chi connectivity index (χ4n) is 2.21. The van der Waals surface area contributed by atoms with Crippen LogP contribution in [0.5, 0.6) is 11.5 Å². The maximum atomic E-state index is 12.1. The van der Waals surface area contributed by atoms with Crippen molar-refractivity contribution in [1.29, 1.82) is 5.26 Å². The number of nitriles is 1. The highest BCUT2D eigenvalue weighted by Crippen LogP contribution is 2.28. The van der Waals surface area contributed by atoms with Crippen molar-refractivity contribution in [2.24, 2.45) is 0 Å². The van der Waals surface area contributed by atoms with E-state index in [9.17, 15) is 9.59 Å². The van der Waals surface area contributed by atoms with Crippen molar-refractivity contribution in [3.05, 3.63) is 54.1 Å². The van der Waals surface area contributed by atoms with Crippen LogP contribution in [0.25, 0.3) is 6.08 Å². The van der Waals surface area contributed by atoms with Gasteiger partial charge in [-0.05, 0) is 48.0 Å². The molecule has 0 fully saturated rings. The first-order chi connectivity index (χ1) is 13.0. The summed E-state index contributed by atoms with van der Waals surface area (Å²) in [6.07, 6.45) is 3.03. The molecule has 0 bridgehead atoms. The fraction of sp³-hybridized carbons (Fsp3) is 0.150. The Balaban J connectivity index is 1.99. The molecule has 2 N–H and O–H groups in total. The number of rotatable bonds is 7. The zero-order chi connectivity index (χ0) is 19.6. The molecule has 2 aromatic rings. The van der Waals surface area contributed by atoms with Gasteiger partial charge in [-0.15, -0.1) is 0 Å². The first-order valence-electron chi connectivity index (χ1n) is 8.06. The monoisotopic (exact) mass is 365 g/mol. The number of anilines is 2. The predicted octanol–water partition coefficient (Wildman–Crippen LogP) is 3.21. The van der Waals surface area contributed by atoms with E-state index in [1.807, 2.05) is 6.07 Å². The van der Waals surface area contributed by atoms with E-state index in [2.05, 4.69) is 10.6 Å². The van der Waals surface area contributed by atoms with Gasteiger partial charge in [-0.3, -0.25) is 9.59 Å². The predicted molar refractivity (Wildman–Crippen MR) is 103 cm³/mol. The van der Waals surface area contributed by atoms with Gasteiger partial charge in [0.15, 0.2) is 18.1 Å². The molecule has 0 radical (unpaired) electrons. The third kappa shape index (κ3) is 6.21. The Bertz CT molecular complexity index is 883. The summed E-state index contributed by atoms with van der Waals surface area (Å²) in [4.78, 5) is 23.0. The van der Waals surface area contributed by atoms with Crippen LogP contribution in [0, 0.1) is 11.3 Å². The van der Waals surface area contributed by atoms with Crippen molar-refractivity contribution in [3.63, 3.8) is 0 Å². The molecule has 0 saturated heterocycles. The molecule has 7 heteroatoms. The number of hydrogen-bond acceptors (Lipinski definition) is 5. The van der Waals surface area contributed by atoms with Crippen LogP contribution in [0.2, 0.25) is 0 Å². The molecule has 0 atom stereocenters. The third-order valence-electron chi connectivity index (χ3n) is 3.38. The molecule has 0 unspecified atom stereocenters. The molecule has 0 aliphatic heterocycles. The number of benzene rings is 2. The Kier molecular flexibility index (Phi) is 6.97. The highest BCUT2D eigenvalue weighted by Gasteiger charge is 2.05. The van der Waals surface area contributed by atoms with Gasteiger partial charge in [0, 0.05) is 24.4 Å². The maximum absolute atomic E-state index is 12.1. The van der Waals surface area contributed by atoms with E-state index < -0.39 is 0 Å². The number of hydrogen-bond donors (Lipinski definition) is 2. The van der Waals surface area contributed by atoms with Crippen LogP contribution >= 0.6 is 0 Å². The lowest BCUT2D eigenvalue weighted by Gasteiger charge is -2.08. The summed E-state index contributed by atoms with van der Waals surface area (Å²) in [7, 11) is 1.50. The molecule has 7 nitrogen and oxygen atoms in total. The van der Waals surface area contributed by atoms with E-state index in [0.29, 0.717) is 22.9 Å². The number of nitrogens with one attached hydrogen (secondary N) is 2. The van der Waals surface area contributed by atoms with Gasteiger partial charge in [-0.1, -0.05) is 6.07 Å². The van der Waals surface area contributed by atoms with E-state index >= 15 is 0 Å². The average molecular weight is 365 g/mol. The van der Waals surface area contributed by atoms with Crippen LogP contribution in [0.3, 0.4) is 0 Å². The van der Waals surface area contributed by atoms with Crippen LogP contribution in [-0.4, -0.2) is 25.5 Å². The molecule has 138 valence electrons. The van der Waals surface area contributed by atoms with E-state index in [1.165, 1.54) is 20.1 Å². The van der Waals surface area contributed by atoms with Gasteiger partial charge in [0.1, 0.15) is 6.07 Å². The van der Waals surface area contributed by atoms with Crippen LogP contribution in [0.4, 0.5) is 11.4 Å². The molecule has 0 heterocycles. The number of nitrogens with zero attached hydrogens (tertiary/aromatic N) is 1. The fourth-order valence-corrected chi connectivity index (χ4v) is 2.21. The lowest BCUT2D eigenvalue weighted by Crippen LogP contribution is -2.08. The molecular formula is C20H19N3O4. The second kappa shape index (κ2) is 9.63. The molecule has 2 amide bonds. The van der Waals surface area contributed by atoms with E-state index in [4.69, 9.17) is 14.7 Å². The second-order valence-corrected chi connectivity index (χ2v) is 5.44. The smallest absolute Gasteiger partial charge is 0.248 e. The summed E-state index contributed by atoms with van der Waals surface area (Å²) in [5.41, 5.74) is 2.01. The lowest BCUT2D eigenvalue weighted by atomic mass is 10.2. The quantitative estimate of drug-likeness (QED) is 0.734. The van der Waals surface area contributed by atoms with Gasteiger partial charge in [0.25, 0.3) is 0 Å². The summed E-state index contributed by atoms with van der Waals surface area (Å²) >= 11 is 0. The first-order valence-corrected chi connectivity index (χ1v) is 8.06. The molecule has 0 saturated carbocycles. The minimum atomic E-state index is -0.300. The second-order valence-electron chi connectivity index (χ2n) is 5.44. The largest absolute Gasteiger partial charge is 0.493 e. The Labute approximate surface area is 157 Å². The van der Waals surface area contributed by atoms with Crippen molar-refractivity contribution in [3.8, 4) is 17.6 Å². The Morgan fingerprint density at radius 1 is 1.07 bits per heavy atom. The van der Waals surface area contributed by atoms with Gasteiger partial charge in [0.05, 0.1) is 7.11 Å². The van der Waals surface area contributed by atoms with E-state index in [0.717, 1.165) is 5.56 Å². The van der Waals surface area contributed by atoms with E-state index in [-0.39, 0.29) is 18.4 Å². The van der Waals surface area contributed by atoms with Crippen LogP contribution in [0.15, 0.2) is 48.5 Å². The molecule has 27 heavy (non-hydrogen) atoms. The molecule has 2 aromatic carbocycles. The number of carbonyl (C=O) groups excluding carboxylic acids is 2. The zero-order valence-electron chi connectivity index (χ0n) is 15.0. The van der Waals surface area contributed by atoms with Crippen LogP contribution in [0.1, 0.15) is 12.5 Å². The first kappa shape index (κ1) is 19.5. The van der Waals surface area contributed by atoms with Gasteiger partial charge >= 0.3 is 0 Å². The summed E-state index contributed by atoms with van der Waals surface area (Å²) < 4.78 is 10.5. The number of ether oxygens (including phenoxy) is 2. The van der Waals surface area contributed by atoms with E-state index in [1.54, 1.807) is 48.5 Å². The summed E-state index contributed by atoms with van der Waals surface area (Å²) in [6, 6.07) is 13.8. The molecule has 0 aliphatic rings. The highest BCUT2D eigenvalue weighted by molar-refractivity contribution is 6.02. The third-order valence-corrected chi connectivity index (χ3v) is 3.38. The number of amides is 2. The van der Waals surface area contributed by atoms with Crippen molar-refractivity contribution in [1.82, 2.24) is 0 Å². The number of methoxy groups -OCH3 is 1.